The molecule has 0 fully saturated rings. The molecule has 0 N–H and O–H groups in total. The molecule has 0 heterocycles. The zero-order chi connectivity index (χ0) is 13.4. The van der Waals surface area contributed by atoms with Crippen LogP contribution >= 0.6 is 0 Å². The van der Waals surface area contributed by atoms with E-state index in [1.807, 2.05) is 0 Å². The Morgan fingerprint density at radius 3 is 1.50 bits per heavy atom. The Bertz CT molecular complexity index is 299. The summed E-state index contributed by atoms with van der Waals surface area (Å²) in [4.78, 5) is 20.5. The predicted molar refractivity (Wildman–Crippen MR) is 36.3 cm³/mol. The van der Waals surface area contributed by atoms with Crippen LogP contribution in [0.2, 0.25) is 0 Å². The second-order valence-corrected chi connectivity index (χ2v) is 2.98. The molecule has 0 unspecified atom stereocenters. The van der Waals surface area contributed by atoms with Gasteiger partial charge in [-0.05, 0) is 0 Å². The molecule has 0 rings (SSSR count). The molecule has 0 aromatic heterocycles. The van der Waals surface area contributed by atoms with Crippen molar-refractivity contribution in [3.8, 4) is 0 Å². The number of carbonyl (C=O) groups is 2. The van der Waals surface area contributed by atoms with Crippen molar-refractivity contribution in [1.82, 2.24) is 0 Å². The van der Waals surface area contributed by atoms with Crippen LogP contribution in [0.4, 0.5) is 30.7 Å². The highest BCUT2D eigenvalue weighted by Gasteiger charge is 2.59. The average molecular weight is 254 g/mol. The maximum atomic E-state index is 12.5. The van der Waals surface area contributed by atoms with E-state index in [2.05, 4.69) is 0 Å². The monoisotopic (exact) mass is 254 g/mol. The molecule has 0 saturated carbocycles. The molecule has 0 aliphatic rings. The molecule has 0 aliphatic heterocycles. The van der Waals surface area contributed by atoms with Crippen LogP contribution in [0.15, 0.2) is 0 Å². The van der Waals surface area contributed by atoms with Crippen molar-refractivity contribution in [2.24, 2.45) is 0 Å². The Balaban J connectivity index is 4.80. The van der Waals surface area contributed by atoms with Crippen LogP contribution in [0.5, 0.6) is 0 Å². The van der Waals surface area contributed by atoms with E-state index < -0.39 is 36.0 Å². The highest BCUT2D eigenvalue weighted by Crippen LogP contribution is 2.35. The Morgan fingerprint density at radius 2 is 1.25 bits per heavy atom. The highest BCUT2D eigenvalue weighted by atomic mass is 19.4. The van der Waals surface area contributed by atoms with Crippen LogP contribution in [0.1, 0.15) is 13.3 Å². The third-order valence-electron chi connectivity index (χ3n) is 1.54. The molecule has 0 aromatic carbocycles. The van der Waals surface area contributed by atoms with Crippen molar-refractivity contribution < 1.29 is 40.3 Å². The lowest BCUT2D eigenvalue weighted by Crippen LogP contribution is -2.46. The van der Waals surface area contributed by atoms with Crippen LogP contribution < -0.4 is 0 Å². The van der Waals surface area contributed by atoms with Crippen molar-refractivity contribution >= 4 is 11.6 Å². The van der Waals surface area contributed by atoms with E-state index in [0.29, 0.717) is 0 Å². The minimum atomic E-state index is -5.51. The molecule has 0 aromatic rings. The molecule has 0 bridgehead atoms. The molecule has 16 heavy (non-hydrogen) atoms. The van der Waals surface area contributed by atoms with E-state index in [-0.39, 0.29) is 6.92 Å². The Labute approximate surface area is 84.4 Å². The van der Waals surface area contributed by atoms with E-state index in [0.717, 1.165) is 0 Å². The molecule has 0 amide bonds. The summed E-state index contributed by atoms with van der Waals surface area (Å²) in [5.74, 6) is -15.7. The molecule has 2 nitrogen and oxygen atoms in total. The van der Waals surface area contributed by atoms with Crippen molar-refractivity contribution in [3.63, 3.8) is 0 Å². The molecular weight excluding hydrogens is 249 g/mol. The number of hydrogen-bond donors (Lipinski definition) is 0. The molecule has 0 aliphatic carbocycles. The van der Waals surface area contributed by atoms with E-state index in [1.54, 1.807) is 0 Å². The highest BCUT2D eigenvalue weighted by molar-refractivity contribution is 6.04. The maximum Gasteiger partial charge on any atom is 0.450 e. The van der Waals surface area contributed by atoms with Gasteiger partial charge in [-0.25, -0.2) is 0 Å². The lowest BCUT2D eigenvalue weighted by molar-refractivity contribution is -0.203. The van der Waals surface area contributed by atoms with Crippen LogP contribution in [-0.2, 0) is 9.59 Å². The maximum absolute atomic E-state index is 12.5. The quantitative estimate of drug-likeness (QED) is 0.570. The fraction of sp³-hybridized carbons (Fsp3) is 0.714. The predicted octanol–water partition coefficient (Wildman–Crippen LogP) is 2.37. The van der Waals surface area contributed by atoms with Crippen LogP contribution in [-0.4, -0.2) is 29.6 Å². The zero-order valence-electron chi connectivity index (χ0n) is 7.67. The summed E-state index contributed by atoms with van der Waals surface area (Å²) in [5.41, 5.74) is 0. The van der Waals surface area contributed by atoms with Gasteiger partial charge in [-0.15, -0.1) is 0 Å². The van der Waals surface area contributed by atoms with Gasteiger partial charge in [0, 0.05) is 6.92 Å². The van der Waals surface area contributed by atoms with Gasteiger partial charge < -0.3 is 0 Å². The molecule has 0 saturated heterocycles. The van der Waals surface area contributed by atoms with Crippen molar-refractivity contribution in [3.05, 3.63) is 0 Å². The molecular formula is C7H5F7O2. The van der Waals surface area contributed by atoms with Gasteiger partial charge in [0.05, 0.1) is 6.42 Å². The Hall–Kier alpha value is -1.15. The molecule has 0 spiro atoms. The topological polar surface area (TPSA) is 34.1 Å². The summed E-state index contributed by atoms with van der Waals surface area (Å²) in [6, 6.07) is 0. The normalized spacial score (nSPS) is 13.8. The van der Waals surface area contributed by atoms with E-state index >= 15 is 0 Å². The van der Waals surface area contributed by atoms with Gasteiger partial charge in [-0.2, -0.15) is 30.7 Å². The molecule has 9 heteroatoms. The van der Waals surface area contributed by atoms with Crippen LogP contribution in [0.25, 0.3) is 0 Å². The van der Waals surface area contributed by atoms with Gasteiger partial charge in [0.2, 0.25) is 11.6 Å². The zero-order valence-corrected chi connectivity index (χ0v) is 7.67. The van der Waals surface area contributed by atoms with Gasteiger partial charge in [-0.1, -0.05) is 0 Å². The summed E-state index contributed by atoms with van der Waals surface area (Å²) in [6.07, 6.45) is -7.81. The van der Waals surface area contributed by atoms with E-state index in [4.69, 9.17) is 0 Å². The number of rotatable bonds is 4. The smallest absolute Gasteiger partial charge is 0.292 e. The van der Waals surface area contributed by atoms with Crippen molar-refractivity contribution in [2.75, 3.05) is 0 Å². The van der Waals surface area contributed by atoms with Gasteiger partial charge in [0.25, 0.3) is 0 Å². The van der Waals surface area contributed by atoms with Crippen LogP contribution in [0.3, 0.4) is 0 Å². The van der Waals surface area contributed by atoms with Crippen molar-refractivity contribution in [2.45, 2.75) is 31.4 Å². The van der Waals surface area contributed by atoms with E-state index in [1.165, 1.54) is 0 Å². The third-order valence-corrected chi connectivity index (χ3v) is 1.54. The fourth-order valence-electron chi connectivity index (χ4n) is 0.602. The van der Waals surface area contributed by atoms with Gasteiger partial charge in [-0.3, -0.25) is 9.59 Å². The number of Topliss-reactive ketones (excluding diaryl/α,β-unsaturated/α-hetero) is 2. The summed E-state index contributed by atoms with van der Waals surface area (Å²) >= 11 is 0. The first kappa shape index (κ1) is 14.8. The SMILES string of the molecule is CC(F)(F)C(F)(F)C(=O)CC(=O)C(F)(F)F. The standard InChI is InChI=1S/C7H5F7O2/c1-5(8,9)6(10,11)3(15)2-4(16)7(12,13)14/h2H2,1H3. The summed E-state index contributed by atoms with van der Waals surface area (Å²) < 4.78 is 83.9. The fourth-order valence-corrected chi connectivity index (χ4v) is 0.602. The first-order chi connectivity index (χ1) is 6.80. The van der Waals surface area contributed by atoms with Gasteiger partial charge in [0.15, 0.2) is 0 Å². The largest absolute Gasteiger partial charge is 0.450 e. The number of halogens is 7. The number of carbonyl (C=O) groups excluding carboxylic acids is 2. The summed E-state index contributed by atoms with van der Waals surface area (Å²) in [7, 11) is 0. The third kappa shape index (κ3) is 3.17. The van der Waals surface area contributed by atoms with E-state index in [9.17, 15) is 40.3 Å². The van der Waals surface area contributed by atoms with Gasteiger partial charge >= 0.3 is 18.0 Å². The molecule has 0 atom stereocenters. The second-order valence-electron chi connectivity index (χ2n) is 2.98. The number of ketones is 2. The Kier molecular flexibility index (Phi) is 3.73. The molecule has 0 radical (unpaired) electrons. The number of hydrogen-bond acceptors (Lipinski definition) is 2. The second kappa shape index (κ2) is 4.02. The lowest BCUT2D eigenvalue weighted by atomic mass is 10.0. The van der Waals surface area contributed by atoms with Crippen LogP contribution in [0, 0.1) is 0 Å². The summed E-state index contributed by atoms with van der Waals surface area (Å²) in [6.45, 7) is -0.330. The van der Waals surface area contributed by atoms with Gasteiger partial charge in [0.1, 0.15) is 0 Å². The average Bonchev–Trinajstić information content (AvgIpc) is 1.99. The lowest BCUT2D eigenvalue weighted by Gasteiger charge is -2.21. The number of alkyl halides is 7. The summed E-state index contributed by atoms with van der Waals surface area (Å²) in [5, 5.41) is 0. The minimum absolute atomic E-state index is 0.330. The first-order valence-corrected chi connectivity index (χ1v) is 3.69. The minimum Gasteiger partial charge on any atom is -0.292 e. The molecule has 94 valence electrons. The Morgan fingerprint density at radius 1 is 0.875 bits per heavy atom. The van der Waals surface area contributed by atoms with Crippen molar-refractivity contribution in [1.29, 1.82) is 0 Å². The first-order valence-electron chi connectivity index (χ1n) is 3.69.